The monoisotopic (exact) mass is 236 g/mol. The van der Waals surface area contributed by atoms with Gasteiger partial charge in [-0.05, 0) is 29.2 Å². The van der Waals surface area contributed by atoms with Crippen LogP contribution in [0.5, 0.6) is 11.6 Å². The summed E-state index contributed by atoms with van der Waals surface area (Å²) in [4.78, 5) is 4.07. The molecule has 1 aromatic carbocycles. The minimum Gasteiger partial charge on any atom is -0.439 e. The molecule has 0 unspecified atom stereocenters. The van der Waals surface area contributed by atoms with Crippen LogP contribution in [0.25, 0.3) is 0 Å². The molecule has 0 spiro atoms. The van der Waals surface area contributed by atoms with Gasteiger partial charge < -0.3 is 9.39 Å². The maximum atomic E-state index is 8.81. The fraction of sp³-hybridized carbons (Fsp3) is 0.0769. The lowest BCUT2D eigenvalue weighted by atomic mass is 9.87. The Morgan fingerprint density at radius 1 is 1.33 bits per heavy atom. The van der Waals surface area contributed by atoms with E-state index in [-0.39, 0.29) is 0 Å². The van der Waals surface area contributed by atoms with Gasteiger partial charge in [0.15, 0.2) is 0 Å². The van der Waals surface area contributed by atoms with Crippen molar-refractivity contribution >= 4 is 12.9 Å². The van der Waals surface area contributed by atoms with E-state index in [2.05, 4.69) is 11.1 Å². The van der Waals surface area contributed by atoms with E-state index in [1.165, 1.54) is 5.46 Å². The van der Waals surface area contributed by atoms with E-state index in [1.54, 1.807) is 18.3 Å². The molecule has 86 valence electrons. The average Bonchev–Trinajstić information content (AvgIpc) is 2.86. The van der Waals surface area contributed by atoms with Crippen molar-refractivity contribution < 1.29 is 9.39 Å². The van der Waals surface area contributed by atoms with E-state index >= 15 is 0 Å². The van der Waals surface area contributed by atoms with Crippen LogP contribution in [0, 0.1) is 11.3 Å². The number of rotatable bonds is 2. The molecule has 2 aromatic rings. The highest BCUT2D eigenvalue weighted by molar-refractivity contribution is 6.48. The van der Waals surface area contributed by atoms with Gasteiger partial charge in [0.2, 0.25) is 5.88 Å². The molecule has 0 saturated carbocycles. The molecule has 0 amide bonds. The van der Waals surface area contributed by atoms with Crippen LogP contribution >= 0.6 is 0 Å². The zero-order valence-corrected chi connectivity index (χ0v) is 9.59. The second-order valence-electron chi connectivity index (χ2n) is 4.02. The summed E-state index contributed by atoms with van der Waals surface area (Å²) in [5, 5.41) is 8.81. The van der Waals surface area contributed by atoms with E-state index in [0.29, 0.717) is 31.3 Å². The van der Waals surface area contributed by atoms with Gasteiger partial charge in [-0.2, -0.15) is 5.26 Å². The Balaban J connectivity index is 1.86. The van der Waals surface area contributed by atoms with Gasteiger partial charge >= 0.3 is 7.48 Å². The Bertz CT molecular complexity index is 637. The Hall–Kier alpha value is -2.32. The predicted octanol–water partition coefficient (Wildman–Crippen LogP) is 1.25. The lowest BCUT2D eigenvalue weighted by Gasteiger charge is -2.06. The molecule has 18 heavy (non-hydrogen) atoms. The minimum atomic E-state index is 0.424. The van der Waals surface area contributed by atoms with Gasteiger partial charge in [0, 0.05) is 12.3 Å². The lowest BCUT2D eigenvalue weighted by molar-refractivity contribution is 0.344. The first-order valence-corrected chi connectivity index (χ1v) is 5.59. The van der Waals surface area contributed by atoms with Crippen LogP contribution in [0.3, 0.4) is 0 Å². The molecular weight excluding hydrogens is 227 g/mol. The average molecular weight is 236 g/mol. The predicted molar refractivity (Wildman–Crippen MR) is 67.0 cm³/mol. The van der Waals surface area contributed by atoms with E-state index < -0.39 is 0 Å². The van der Waals surface area contributed by atoms with Gasteiger partial charge in [-0.1, -0.05) is 6.07 Å². The fourth-order valence-electron chi connectivity index (χ4n) is 1.87. The van der Waals surface area contributed by atoms with Gasteiger partial charge in [0.1, 0.15) is 5.75 Å². The number of fused-ring (bicyclic) bond motifs is 1. The minimum absolute atomic E-state index is 0.424. The number of aromatic nitrogens is 1. The van der Waals surface area contributed by atoms with Crippen molar-refractivity contribution in [1.82, 2.24) is 4.98 Å². The molecule has 0 saturated heterocycles. The Labute approximate surface area is 105 Å². The fourth-order valence-corrected chi connectivity index (χ4v) is 1.87. The zero-order chi connectivity index (χ0) is 12.4. The molecule has 0 atom stereocenters. The molecular formula is C13H9BN2O2. The highest BCUT2D eigenvalue weighted by Gasteiger charge is 2.13. The quantitative estimate of drug-likeness (QED) is 0.736. The van der Waals surface area contributed by atoms with Crippen molar-refractivity contribution in [2.75, 3.05) is 0 Å². The number of ether oxygens (including phenoxy) is 1. The van der Waals surface area contributed by atoms with E-state index in [4.69, 9.17) is 14.7 Å². The second kappa shape index (κ2) is 4.51. The summed E-state index contributed by atoms with van der Waals surface area (Å²) >= 11 is 0. The van der Waals surface area contributed by atoms with Crippen LogP contribution in [-0.2, 0) is 11.3 Å². The summed E-state index contributed by atoms with van der Waals surface area (Å²) in [6.45, 7) is 0.623. The number of hydrogen-bond acceptors (Lipinski definition) is 4. The van der Waals surface area contributed by atoms with Crippen molar-refractivity contribution in [3.05, 3.63) is 47.7 Å². The van der Waals surface area contributed by atoms with Crippen molar-refractivity contribution in [2.24, 2.45) is 0 Å². The van der Waals surface area contributed by atoms with Crippen LogP contribution < -0.4 is 10.2 Å². The molecule has 3 rings (SSSR count). The molecule has 1 aliphatic heterocycles. The molecule has 0 fully saturated rings. The summed E-state index contributed by atoms with van der Waals surface area (Å²) in [7, 11) is 0.664. The van der Waals surface area contributed by atoms with Crippen LogP contribution in [0.4, 0.5) is 0 Å². The third-order valence-corrected chi connectivity index (χ3v) is 2.78. The highest BCUT2D eigenvalue weighted by Crippen LogP contribution is 2.21. The SMILES string of the molecule is N#Cc1ccnc(Oc2ccc3c(c2)COB3)c1. The molecule has 0 N–H and O–H groups in total. The number of benzene rings is 1. The Morgan fingerprint density at radius 3 is 3.17 bits per heavy atom. The summed E-state index contributed by atoms with van der Waals surface area (Å²) in [6.07, 6.45) is 1.56. The van der Waals surface area contributed by atoms with Crippen molar-refractivity contribution in [3.8, 4) is 17.7 Å². The van der Waals surface area contributed by atoms with Crippen molar-refractivity contribution in [3.63, 3.8) is 0 Å². The summed E-state index contributed by atoms with van der Waals surface area (Å²) in [5.74, 6) is 1.13. The van der Waals surface area contributed by atoms with Gasteiger partial charge in [-0.25, -0.2) is 4.98 Å². The third-order valence-electron chi connectivity index (χ3n) is 2.78. The van der Waals surface area contributed by atoms with Crippen molar-refractivity contribution in [2.45, 2.75) is 6.61 Å². The third kappa shape index (κ3) is 2.06. The van der Waals surface area contributed by atoms with E-state index in [1.807, 2.05) is 18.2 Å². The summed E-state index contributed by atoms with van der Waals surface area (Å²) in [6, 6.07) is 11.1. The number of pyridine rings is 1. The Morgan fingerprint density at radius 2 is 2.28 bits per heavy atom. The van der Waals surface area contributed by atoms with Crippen LogP contribution in [0.1, 0.15) is 11.1 Å². The number of hydrogen-bond donors (Lipinski definition) is 0. The van der Waals surface area contributed by atoms with E-state index in [0.717, 1.165) is 5.56 Å². The molecule has 4 nitrogen and oxygen atoms in total. The summed E-state index contributed by atoms with van der Waals surface area (Å²) < 4.78 is 11.0. The first-order chi connectivity index (χ1) is 8.85. The van der Waals surface area contributed by atoms with Crippen LogP contribution in [0.15, 0.2) is 36.5 Å². The van der Waals surface area contributed by atoms with Crippen LogP contribution in [-0.4, -0.2) is 12.5 Å². The lowest BCUT2D eigenvalue weighted by Crippen LogP contribution is -2.10. The standard InChI is InChI=1S/C13H9BN2O2/c15-7-9-3-4-16-13(5-9)18-11-1-2-12-10(6-11)8-17-14-12/h1-6,14H,8H2. The molecule has 0 bridgehead atoms. The highest BCUT2D eigenvalue weighted by atomic mass is 16.5. The number of nitriles is 1. The maximum Gasteiger partial charge on any atom is 0.309 e. The molecule has 5 heteroatoms. The topological polar surface area (TPSA) is 55.1 Å². The molecule has 0 radical (unpaired) electrons. The van der Waals surface area contributed by atoms with Gasteiger partial charge in [0.25, 0.3) is 0 Å². The van der Waals surface area contributed by atoms with Gasteiger partial charge in [-0.3, -0.25) is 0 Å². The normalized spacial score (nSPS) is 12.4. The zero-order valence-electron chi connectivity index (χ0n) is 9.59. The van der Waals surface area contributed by atoms with E-state index in [9.17, 15) is 0 Å². The summed E-state index contributed by atoms with van der Waals surface area (Å²) in [5.41, 5.74) is 2.87. The molecule has 1 aromatic heterocycles. The van der Waals surface area contributed by atoms with Gasteiger partial charge in [0.05, 0.1) is 18.2 Å². The molecule has 1 aliphatic rings. The molecule has 0 aliphatic carbocycles. The Kier molecular flexibility index (Phi) is 2.71. The van der Waals surface area contributed by atoms with Gasteiger partial charge in [-0.15, -0.1) is 0 Å². The first-order valence-electron chi connectivity index (χ1n) is 5.59. The second-order valence-corrected chi connectivity index (χ2v) is 4.02. The largest absolute Gasteiger partial charge is 0.439 e. The van der Waals surface area contributed by atoms with Crippen LogP contribution in [0.2, 0.25) is 0 Å². The first kappa shape index (κ1) is 10.8. The molecule has 2 heterocycles. The maximum absolute atomic E-state index is 8.81. The smallest absolute Gasteiger partial charge is 0.309 e. The van der Waals surface area contributed by atoms with Crippen molar-refractivity contribution in [1.29, 1.82) is 5.26 Å². The number of nitrogens with zero attached hydrogens (tertiary/aromatic N) is 2.